The lowest BCUT2D eigenvalue weighted by molar-refractivity contribution is 0.102. The Labute approximate surface area is 166 Å². The molecule has 0 saturated heterocycles. The average Bonchev–Trinajstić information content (AvgIpc) is 3.30. The van der Waals surface area contributed by atoms with Crippen LogP contribution in [0.1, 0.15) is 21.9 Å². The molecule has 3 heterocycles. The molecule has 10 nitrogen and oxygen atoms in total. The van der Waals surface area contributed by atoms with Gasteiger partial charge in [-0.15, -0.1) is 5.10 Å². The summed E-state index contributed by atoms with van der Waals surface area (Å²) in [7, 11) is 1.70. The first kappa shape index (κ1) is 18.3. The lowest BCUT2D eigenvalue weighted by Crippen LogP contribution is -2.12. The summed E-state index contributed by atoms with van der Waals surface area (Å²) in [5.41, 5.74) is 2.79. The Morgan fingerprint density at radius 2 is 1.90 bits per heavy atom. The summed E-state index contributed by atoms with van der Waals surface area (Å²) < 4.78 is 9.15. The molecule has 0 fully saturated rings. The second-order valence-corrected chi connectivity index (χ2v) is 6.36. The van der Waals surface area contributed by atoms with E-state index < -0.39 is 0 Å². The molecule has 0 aliphatic heterocycles. The summed E-state index contributed by atoms with van der Waals surface area (Å²) in [6, 6.07) is 8.67. The standard InChI is InChI=1S/C19H18N8O2/c1-12-13(2)27(11-22-12)17-8-18(21-10-20-17)29-15-6-4-14(5-7-15)23-19(28)16-9-26(3)25-24-16/h4-11H,1-3H3,(H,23,28). The highest BCUT2D eigenvalue weighted by atomic mass is 16.5. The van der Waals surface area contributed by atoms with Crippen molar-refractivity contribution in [3.8, 4) is 17.4 Å². The van der Waals surface area contributed by atoms with Crippen molar-refractivity contribution in [3.05, 3.63) is 66.3 Å². The minimum atomic E-state index is -0.335. The third-order valence-electron chi connectivity index (χ3n) is 4.30. The van der Waals surface area contributed by atoms with Crippen molar-refractivity contribution in [2.45, 2.75) is 13.8 Å². The first-order valence-electron chi connectivity index (χ1n) is 8.78. The van der Waals surface area contributed by atoms with Gasteiger partial charge in [-0.05, 0) is 38.1 Å². The summed E-state index contributed by atoms with van der Waals surface area (Å²) in [4.78, 5) is 24.8. The number of anilines is 1. The average molecular weight is 390 g/mol. The lowest BCUT2D eigenvalue weighted by Gasteiger charge is -2.09. The maximum Gasteiger partial charge on any atom is 0.277 e. The number of aromatic nitrogens is 7. The van der Waals surface area contributed by atoms with Gasteiger partial charge in [0.15, 0.2) is 5.69 Å². The summed E-state index contributed by atoms with van der Waals surface area (Å²) in [6.45, 7) is 3.91. The summed E-state index contributed by atoms with van der Waals surface area (Å²) >= 11 is 0. The molecule has 0 saturated carbocycles. The van der Waals surface area contributed by atoms with Crippen LogP contribution in [0.2, 0.25) is 0 Å². The molecule has 0 spiro atoms. The number of carbonyl (C=O) groups excluding carboxylic acids is 1. The molecule has 0 bridgehead atoms. The number of nitrogens with zero attached hydrogens (tertiary/aromatic N) is 7. The van der Waals surface area contributed by atoms with Crippen LogP contribution in [0.5, 0.6) is 11.6 Å². The Balaban J connectivity index is 1.46. The number of imidazole rings is 1. The fraction of sp³-hybridized carbons (Fsp3) is 0.158. The summed E-state index contributed by atoms with van der Waals surface area (Å²) in [5.74, 6) is 1.31. The van der Waals surface area contributed by atoms with Gasteiger partial charge < -0.3 is 10.1 Å². The van der Waals surface area contributed by atoms with Gasteiger partial charge in [0, 0.05) is 24.5 Å². The maximum absolute atomic E-state index is 12.1. The van der Waals surface area contributed by atoms with Crippen LogP contribution < -0.4 is 10.1 Å². The highest BCUT2D eigenvalue weighted by molar-refractivity contribution is 6.02. The Kier molecular flexibility index (Phi) is 4.73. The topological polar surface area (TPSA) is 113 Å². The predicted molar refractivity (Wildman–Crippen MR) is 104 cm³/mol. The van der Waals surface area contributed by atoms with E-state index in [4.69, 9.17) is 4.74 Å². The van der Waals surface area contributed by atoms with Gasteiger partial charge in [0.2, 0.25) is 5.88 Å². The van der Waals surface area contributed by atoms with Crippen LogP contribution in [0, 0.1) is 13.8 Å². The fourth-order valence-corrected chi connectivity index (χ4v) is 2.62. The van der Waals surface area contributed by atoms with Gasteiger partial charge in [-0.1, -0.05) is 5.21 Å². The van der Waals surface area contributed by atoms with Gasteiger partial charge in [-0.3, -0.25) is 14.0 Å². The molecule has 0 radical (unpaired) electrons. The smallest absolute Gasteiger partial charge is 0.277 e. The van der Waals surface area contributed by atoms with Crippen molar-refractivity contribution in [3.63, 3.8) is 0 Å². The Hall–Kier alpha value is -4.08. The number of hydrogen-bond donors (Lipinski definition) is 1. The van der Waals surface area contributed by atoms with E-state index in [0.717, 1.165) is 11.4 Å². The quantitative estimate of drug-likeness (QED) is 0.557. The van der Waals surface area contributed by atoms with Crippen molar-refractivity contribution in [2.75, 3.05) is 5.32 Å². The number of hydrogen-bond acceptors (Lipinski definition) is 7. The molecule has 4 aromatic rings. The van der Waals surface area contributed by atoms with Gasteiger partial charge in [0.25, 0.3) is 5.91 Å². The number of ether oxygens (including phenoxy) is 1. The number of nitrogens with one attached hydrogen (secondary N) is 1. The van der Waals surface area contributed by atoms with Gasteiger partial charge in [0.05, 0.1) is 11.9 Å². The zero-order valence-electron chi connectivity index (χ0n) is 16.1. The lowest BCUT2D eigenvalue weighted by atomic mass is 10.3. The van der Waals surface area contributed by atoms with Crippen LogP contribution in [-0.4, -0.2) is 40.4 Å². The largest absolute Gasteiger partial charge is 0.439 e. The number of benzene rings is 1. The van der Waals surface area contributed by atoms with Gasteiger partial charge >= 0.3 is 0 Å². The van der Waals surface area contributed by atoms with Crippen molar-refractivity contribution < 1.29 is 9.53 Å². The first-order chi connectivity index (χ1) is 14.0. The molecule has 146 valence electrons. The molecular weight excluding hydrogens is 372 g/mol. The monoisotopic (exact) mass is 390 g/mol. The van der Waals surface area contributed by atoms with E-state index in [1.54, 1.807) is 49.9 Å². The molecule has 0 unspecified atom stereocenters. The van der Waals surface area contributed by atoms with E-state index in [1.807, 2.05) is 18.4 Å². The molecule has 29 heavy (non-hydrogen) atoms. The molecule has 10 heteroatoms. The maximum atomic E-state index is 12.1. The molecular formula is C19H18N8O2. The van der Waals surface area contributed by atoms with Crippen LogP contribution in [0.15, 0.2) is 49.2 Å². The van der Waals surface area contributed by atoms with E-state index >= 15 is 0 Å². The van der Waals surface area contributed by atoms with Gasteiger partial charge in [-0.2, -0.15) is 0 Å². The van der Waals surface area contributed by atoms with Crippen LogP contribution in [0.3, 0.4) is 0 Å². The Morgan fingerprint density at radius 3 is 2.55 bits per heavy atom. The molecule has 1 amide bonds. The van der Waals surface area contributed by atoms with Crippen molar-refractivity contribution in [1.82, 2.24) is 34.5 Å². The van der Waals surface area contributed by atoms with E-state index in [2.05, 4.69) is 30.6 Å². The number of carbonyl (C=O) groups is 1. The van der Waals surface area contributed by atoms with Gasteiger partial charge in [0.1, 0.15) is 24.2 Å². The number of amides is 1. The number of rotatable bonds is 5. The van der Waals surface area contributed by atoms with Crippen LogP contribution in [0.4, 0.5) is 5.69 Å². The van der Waals surface area contributed by atoms with E-state index in [1.165, 1.54) is 11.0 Å². The van der Waals surface area contributed by atoms with E-state index in [0.29, 0.717) is 23.1 Å². The minimum Gasteiger partial charge on any atom is -0.439 e. The predicted octanol–water partition coefficient (Wildman–Crippen LogP) is 2.45. The van der Waals surface area contributed by atoms with Crippen LogP contribution in [0.25, 0.3) is 5.82 Å². The number of aryl methyl sites for hydroxylation is 2. The fourth-order valence-electron chi connectivity index (χ4n) is 2.62. The third-order valence-corrected chi connectivity index (χ3v) is 4.30. The van der Waals surface area contributed by atoms with Crippen molar-refractivity contribution in [2.24, 2.45) is 7.05 Å². The summed E-state index contributed by atoms with van der Waals surface area (Å²) in [5, 5.41) is 10.3. The summed E-state index contributed by atoms with van der Waals surface area (Å²) in [6.07, 6.45) is 4.70. The van der Waals surface area contributed by atoms with Crippen molar-refractivity contribution >= 4 is 11.6 Å². The second-order valence-electron chi connectivity index (χ2n) is 6.36. The van der Waals surface area contributed by atoms with Crippen LogP contribution in [-0.2, 0) is 7.05 Å². The molecule has 3 aromatic heterocycles. The molecule has 0 aliphatic rings. The Morgan fingerprint density at radius 1 is 1.10 bits per heavy atom. The highest BCUT2D eigenvalue weighted by Gasteiger charge is 2.11. The van der Waals surface area contributed by atoms with Crippen LogP contribution >= 0.6 is 0 Å². The zero-order valence-corrected chi connectivity index (χ0v) is 16.1. The minimum absolute atomic E-state index is 0.242. The molecule has 0 atom stereocenters. The SMILES string of the molecule is Cc1ncn(-c2cc(Oc3ccc(NC(=O)c4cn(C)nn4)cc3)ncn2)c1C. The zero-order chi connectivity index (χ0) is 20.4. The normalized spacial score (nSPS) is 10.7. The Bertz CT molecular complexity index is 1160. The van der Waals surface area contributed by atoms with Gasteiger partial charge in [-0.25, -0.2) is 15.0 Å². The molecule has 1 N–H and O–H groups in total. The van der Waals surface area contributed by atoms with E-state index in [9.17, 15) is 4.79 Å². The van der Waals surface area contributed by atoms with E-state index in [-0.39, 0.29) is 11.6 Å². The van der Waals surface area contributed by atoms with Crippen molar-refractivity contribution in [1.29, 1.82) is 0 Å². The third kappa shape index (κ3) is 3.95. The molecule has 4 rings (SSSR count). The first-order valence-corrected chi connectivity index (χ1v) is 8.78. The highest BCUT2D eigenvalue weighted by Crippen LogP contribution is 2.23. The second kappa shape index (κ2) is 7.50. The molecule has 0 aliphatic carbocycles. The molecule has 1 aromatic carbocycles.